The van der Waals surface area contributed by atoms with Gasteiger partial charge in [0, 0.05) is 35.0 Å². The van der Waals surface area contributed by atoms with Crippen LogP contribution < -0.4 is 9.47 Å². The Labute approximate surface area is 173 Å². The molecule has 1 atom stereocenters. The molecule has 152 valence electrons. The molecule has 2 heterocycles. The Kier molecular flexibility index (Phi) is 5.31. The Balaban J connectivity index is 1.78. The summed E-state index contributed by atoms with van der Waals surface area (Å²) in [7, 11) is 0. The molecule has 0 bridgehead atoms. The number of nitrogens with zero attached hydrogens (tertiary/aromatic N) is 1. The first-order valence-electron chi connectivity index (χ1n) is 9.61. The molecule has 30 heavy (non-hydrogen) atoms. The van der Waals surface area contributed by atoms with Gasteiger partial charge in [0.1, 0.15) is 18.1 Å². The van der Waals surface area contributed by atoms with Gasteiger partial charge in [-0.05, 0) is 37.6 Å². The van der Waals surface area contributed by atoms with Crippen LogP contribution in [0.1, 0.15) is 55.8 Å². The molecule has 1 aliphatic heterocycles. The summed E-state index contributed by atoms with van der Waals surface area (Å²) in [6.07, 6.45) is 0.351. The Morgan fingerprint density at radius 2 is 1.77 bits per heavy atom. The highest BCUT2D eigenvalue weighted by molar-refractivity contribution is 5.99. The monoisotopic (exact) mass is 405 g/mol. The van der Waals surface area contributed by atoms with E-state index in [2.05, 4.69) is 4.98 Å². The lowest BCUT2D eigenvalue weighted by Crippen LogP contribution is -2.17. The molecule has 4 rings (SSSR count). The third-order valence-electron chi connectivity index (χ3n) is 4.95. The SMILES string of the molecule is Cc1cc([C@H](Oc2cc3c(cc2F)C(=O)CCO3)c2ccc(C=O)cc2)cc(C)n1. The first-order valence-corrected chi connectivity index (χ1v) is 9.61. The molecule has 0 amide bonds. The predicted molar refractivity (Wildman–Crippen MR) is 109 cm³/mol. The number of pyridine rings is 1. The zero-order valence-corrected chi connectivity index (χ0v) is 16.6. The third kappa shape index (κ3) is 3.94. The van der Waals surface area contributed by atoms with Crippen LogP contribution in [-0.4, -0.2) is 23.7 Å². The van der Waals surface area contributed by atoms with Crippen LogP contribution in [0, 0.1) is 19.7 Å². The fraction of sp³-hybridized carbons (Fsp3) is 0.208. The van der Waals surface area contributed by atoms with Crippen LogP contribution in [0.25, 0.3) is 0 Å². The van der Waals surface area contributed by atoms with Crippen LogP contribution in [0.15, 0.2) is 48.5 Å². The summed E-state index contributed by atoms with van der Waals surface area (Å²) >= 11 is 0. The molecule has 0 saturated heterocycles. The number of fused-ring (bicyclic) bond motifs is 1. The van der Waals surface area contributed by atoms with Crippen LogP contribution in [0.5, 0.6) is 11.5 Å². The molecule has 2 aromatic carbocycles. The van der Waals surface area contributed by atoms with Gasteiger partial charge in [0.15, 0.2) is 17.3 Å². The number of aromatic nitrogens is 1. The molecule has 0 spiro atoms. The van der Waals surface area contributed by atoms with Crippen LogP contribution in [0.2, 0.25) is 0 Å². The molecule has 5 nitrogen and oxygen atoms in total. The van der Waals surface area contributed by atoms with E-state index in [-0.39, 0.29) is 30.1 Å². The number of carbonyl (C=O) groups excluding carboxylic acids is 2. The number of hydrogen-bond donors (Lipinski definition) is 0. The van der Waals surface area contributed by atoms with Gasteiger partial charge < -0.3 is 9.47 Å². The summed E-state index contributed by atoms with van der Waals surface area (Å²) in [5.74, 6) is -0.479. The molecule has 6 heteroatoms. The van der Waals surface area contributed by atoms with Gasteiger partial charge in [-0.3, -0.25) is 14.6 Å². The zero-order chi connectivity index (χ0) is 21.3. The number of benzene rings is 2. The van der Waals surface area contributed by atoms with E-state index >= 15 is 0 Å². The number of rotatable bonds is 5. The van der Waals surface area contributed by atoms with Gasteiger partial charge in [0.05, 0.1) is 12.2 Å². The van der Waals surface area contributed by atoms with Gasteiger partial charge in [0.2, 0.25) is 0 Å². The van der Waals surface area contributed by atoms with Gasteiger partial charge in [-0.15, -0.1) is 0 Å². The minimum atomic E-state index is -0.641. The second-order valence-electron chi connectivity index (χ2n) is 7.27. The Hall–Kier alpha value is -3.54. The zero-order valence-electron chi connectivity index (χ0n) is 16.6. The number of aryl methyl sites for hydroxylation is 2. The lowest BCUT2D eigenvalue weighted by atomic mass is 9.99. The van der Waals surface area contributed by atoms with Crippen molar-refractivity contribution in [2.24, 2.45) is 0 Å². The van der Waals surface area contributed by atoms with E-state index in [4.69, 9.17) is 9.47 Å². The fourth-order valence-corrected chi connectivity index (χ4v) is 3.57. The van der Waals surface area contributed by atoms with E-state index in [9.17, 15) is 14.0 Å². The summed E-state index contributed by atoms with van der Waals surface area (Å²) in [5.41, 5.74) is 3.93. The Morgan fingerprint density at radius 3 is 2.43 bits per heavy atom. The van der Waals surface area contributed by atoms with Gasteiger partial charge in [-0.1, -0.05) is 24.3 Å². The molecule has 3 aromatic rings. The number of ketones is 1. The summed E-state index contributed by atoms with van der Waals surface area (Å²) in [6.45, 7) is 4.01. The van der Waals surface area contributed by atoms with Crippen LogP contribution in [0.3, 0.4) is 0 Å². The molecular formula is C24H20FNO4. The number of hydrogen-bond acceptors (Lipinski definition) is 5. The fourth-order valence-electron chi connectivity index (χ4n) is 3.57. The van der Waals surface area contributed by atoms with Crippen molar-refractivity contribution in [3.8, 4) is 11.5 Å². The second kappa shape index (κ2) is 8.06. The van der Waals surface area contributed by atoms with Gasteiger partial charge >= 0.3 is 0 Å². The summed E-state index contributed by atoms with van der Waals surface area (Å²) < 4.78 is 26.5. The highest BCUT2D eigenvalue weighted by Crippen LogP contribution is 2.36. The minimum absolute atomic E-state index is 0.0139. The van der Waals surface area contributed by atoms with E-state index in [1.54, 1.807) is 24.3 Å². The van der Waals surface area contributed by atoms with E-state index in [1.165, 1.54) is 12.1 Å². The molecule has 0 fully saturated rings. The van der Waals surface area contributed by atoms with Gasteiger partial charge in [0.25, 0.3) is 0 Å². The molecular weight excluding hydrogens is 385 g/mol. The largest absolute Gasteiger partial charge is 0.492 e. The van der Waals surface area contributed by atoms with E-state index < -0.39 is 11.9 Å². The second-order valence-corrected chi connectivity index (χ2v) is 7.27. The molecule has 0 N–H and O–H groups in total. The summed E-state index contributed by atoms with van der Waals surface area (Å²) in [6, 6.07) is 13.3. The summed E-state index contributed by atoms with van der Waals surface area (Å²) in [4.78, 5) is 27.4. The highest BCUT2D eigenvalue weighted by atomic mass is 19.1. The average Bonchev–Trinajstić information content (AvgIpc) is 2.72. The first-order chi connectivity index (χ1) is 14.4. The number of halogens is 1. The standard InChI is InChI=1S/C24H20FNO4/c1-14-9-18(10-15(2)26-14)24(17-5-3-16(13-27)4-6-17)30-23-12-22-19(11-20(23)25)21(28)7-8-29-22/h3-6,9-13,24H,7-8H2,1-2H3/t24-/m1/s1. The lowest BCUT2D eigenvalue weighted by molar-refractivity contribution is 0.0931. The maximum atomic E-state index is 14.8. The van der Waals surface area contributed by atoms with Crippen LogP contribution in [-0.2, 0) is 0 Å². The van der Waals surface area contributed by atoms with E-state index in [0.29, 0.717) is 11.3 Å². The quantitative estimate of drug-likeness (QED) is 0.572. The number of aldehydes is 1. The van der Waals surface area contributed by atoms with Crippen molar-refractivity contribution < 1.29 is 23.5 Å². The topological polar surface area (TPSA) is 65.5 Å². The molecule has 0 saturated carbocycles. The molecule has 0 radical (unpaired) electrons. The Bertz CT molecular complexity index is 1100. The molecule has 0 aliphatic carbocycles. The van der Waals surface area contributed by atoms with Crippen molar-refractivity contribution in [3.63, 3.8) is 0 Å². The van der Waals surface area contributed by atoms with E-state index in [0.717, 1.165) is 28.8 Å². The third-order valence-corrected chi connectivity index (χ3v) is 4.95. The smallest absolute Gasteiger partial charge is 0.170 e. The van der Waals surface area contributed by atoms with Crippen molar-refractivity contribution >= 4 is 12.1 Å². The van der Waals surface area contributed by atoms with Gasteiger partial charge in [-0.25, -0.2) is 4.39 Å². The lowest BCUT2D eigenvalue weighted by Gasteiger charge is -2.23. The first kappa shape index (κ1) is 19.8. The van der Waals surface area contributed by atoms with Crippen molar-refractivity contribution in [1.29, 1.82) is 0 Å². The number of Topliss-reactive ketones (excluding diaryl/α,β-unsaturated/α-hetero) is 1. The maximum absolute atomic E-state index is 14.8. The van der Waals surface area contributed by atoms with Crippen molar-refractivity contribution in [3.05, 3.63) is 88.0 Å². The maximum Gasteiger partial charge on any atom is 0.170 e. The molecule has 0 unspecified atom stereocenters. The average molecular weight is 405 g/mol. The van der Waals surface area contributed by atoms with Crippen LogP contribution in [0.4, 0.5) is 4.39 Å². The normalized spacial score (nSPS) is 13.9. The number of ether oxygens (including phenoxy) is 2. The molecule has 1 aliphatic rings. The summed E-state index contributed by atoms with van der Waals surface area (Å²) in [5, 5.41) is 0. The van der Waals surface area contributed by atoms with E-state index in [1.807, 2.05) is 26.0 Å². The van der Waals surface area contributed by atoms with Crippen molar-refractivity contribution in [2.75, 3.05) is 6.61 Å². The van der Waals surface area contributed by atoms with Crippen LogP contribution >= 0.6 is 0 Å². The highest BCUT2D eigenvalue weighted by Gasteiger charge is 2.25. The predicted octanol–water partition coefficient (Wildman–Crippen LogP) is 4.78. The Morgan fingerprint density at radius 1 is 1.07 bits per heavy atom. The minimum Gasteiger partial charge on any atom is -0.492 e. The van der Waals surface area contributed by atoms with Crippen molar-refractivity contribution in [2.45, 2.75) is 26.4 Å². The molecule has 1 aromatic heterocycles. The van der Waals surface area contributed by atoms with Gasteiger partial charge in [-0.2, -0.15) is 0 Å². The van der Waals surface area contributed by atoms with Crippen molar-refractivity contribution in [1.82, 2.24) is 4.98 Å². The number of carbonyl (C=O) groups is 2.